The van der Waals surface area contributed by atoms with Gasteiger partial charge in [0.05, 0.1) is 10.2 Å². The maximum atomic E-state index is 5.99. The third-order valence-corrected chi connectivity index (χ3v) is 4.71. The number of hydrogen-bond acceptors (Lipinski definition) is 4. The van der Waals surface area contributed by atoms with E-state index in [9.17, 15) is 0 Å². The van der Waals surface area contributed by atoms with Gasteiger partial charge in [0.25, 0.3) is 0 Å². The van der Waals surface area contributed by atoms with Crippen molar-refractivity contribution in [1.29, 1.82) is 0 Å². The highest BCUT2D eigenvalue weighted by atomic mass is 35.5. The Morgan fingerprint density at radius 2 is 2.11 bits per heavy atom. The lowest BCUT2D eigenvalue weighted by Crippen LogP contribution is -2.33. The van der Waals surface area contributed by atoms with E-state index in [0.717, 1.165) is 33.5 Å². The maximum absolute atomic E-state index is 5.99. The van der Waals surface area contributed by atoms with Crippen LogP contribution in [0.4, 0.5) is 5.13 Å². The third kappa shape index (κ3) is 3.38. The van der Waals surface area contributed by atoms with Gasteiger partial charge in [-0.15, -0.1) is 0 Å². The van der Waals surface area contributed by atoms with Crippen LogP contribution in [0.25, 0.3) is 10.2 Å². The summed E-state index contributed by atoms with van der Waals surface area (Å²) >= 11 is 7.66. The summed E-state index contributed by atoms with van der Waals surface area (Å²) in [4.78, 5) is 7.10. The van der Waals surface area contributed by atoms with Crippen LogP contribution in [-0.4, -0.2) is 36.1 Å². The average molecular weight is 296 g/mol. The van der Waals surface area contributed by atoms with Crippen molar-refractivity contribution in [3.05, 3.63) is 23.2 Å². The van der Waals surface area contributed by atoms with Crippen LogP contribution in [0.5, 0.6) is 0 Å². The highest BCUT2D eigenvalue weighted by Gasteiger charge is 2.09. The van der Waals surface area contributed by atoms with Crippen LogP contribution in [0.15, 0.2) is 18.2 Å². The number of fused-ring (bicyclic) bond motifs is 1. The standard InChI is InChI=1S/C14H18ClN3S/c15-11-4-5-12-13(10-11)19-14(17-12)16-6-9-18-7-2-1-3-8-18/h4-5,10H,1-3,6-9H2,(H,16,17). The molecule has 1 aliphatic rings. The second-order valence-corrected chi connectivity index (χ2v) is 6.43. The number of halogens is 1. The van der Waals surface area contributed by atoms with Crippen LogP contribution in [0.3, 0.4) is 0 Å². The number of piperidine rings is 1. The van der Waals surface area contributed by atoms with Gasteiger partial charge in [0.15, 0.2) is 5.13 Å². The van der Waals surface area contributed by atoms with Crippen LogP contribution < -0.4 is 5.32 Å². The molecule has 3 nitrogen and oxygen atoms in total. The van der Waals surface area contributed by atoms with E-state index in [0.29, 0.717) is 0 Å². The van der Waals surface area contributed by atoms with Gasteiger partial charge in [-0.25, -0.2) is 4.98 Å². The van der Waals surface area contributed by atoms with Crippen molar-refractivity contribution in [2.24, 2.45) is 0 Å². The fraction of sp³-hybridized carbons (Fsp3) is 0.500. The minimum atomic E-state index is 0.774. The minimum Gasteiger partial charge on any atom is -0.360 e. The van der Waals surface area contributed by atoms with Crippen molar-refractivity contribution < 1.29 is 0 Å². The number of rotatable bonds is 4. The molecule has 0 bridgehead atoms. The van der Waals surface area contributed by atoms with E-state index >= 15 is 0 Å². The molecule has 2 heterocycles. The predicted molar refractivity (Wildman–Crippen MR) is 83.4 cm³/mol. The van der Waals surface area contributed by atoms with E-state index in [2.05, 4.69) is 15.2 Å². The summed E-state index contributed by atoms with van der Waals surface area (Å²) in [6, 6.07) is 5.84. The summed E-state index contributed by atoms with van der Waals surface area (Å²) in [5, 5.41) is 5.19. The van der Waals surface area contributed by atoms with Gasteiger partial charge in [-0.1, -0.05) is 29.4 Å². The number of benzene rings is 1. The van der Waals surface area contributed by atoms with Crippen LogP contribution >= 0.6 is 22.9 Å². The maximum Gasteiger partial charge on any atom is 0.183 e. The van der Waals surface area contributed by atoms with E-state index in [1.165, 1.54) is 32.4 Å². The zero-order chi connectivity index (χ0) is 13.1. The Labute approximate surface area is 122 Å². The van der Waals surface area contributed by atoms with Gasteiger partial charge in [0, 0.05) is 18.1 Å². The van der Waals surface area contributed by atoms with Crippen molar-refractivity contribution in [3.8, 4) is 0 Å². The van der Waals surface area contributed by atoms with Crippen LogP contribution in [0.2, 0.25) is 5.02 Å². The normalized spacial score (nSPS) is 16.9. The fourth-order valence-electron chi connectivity index (χ4n) is 2.48. The molecular weight excluding hydrogens is 278 g/mol. The number of thiazole rings is 1. The number of hydrogen-bond donors (Lipinski definition) is 1. The lowest BCUT2D eigenvalue weighted by Gasteiger charge is -2.26. The first-order chi connectivity index (χ1) is 9.31. The highest BCUT2D eigenvalue weighted by Crippen LogP contribution is 2.28. The molecule has 2 aromatic rings. The van der Waals surface area contributed by atoms with Gasteiger partial charge in [0.1, 0.15) is 0 Å². The number of anilines is 1. The lowest BCUT2D eigenvalue weighted by molar-refractivity contribution is 0.237. The third-order valence-electron chi connectivity index (χ3n) is 3.50. The summed E-state index contributed by atoms with van der Waals surface area (Å²) in [5.74, 6) is 0. The molecule has 0 spiro atoms. The van der Waals surface area contributed by atoms with Crippen molar-refractivity contribution >= 4 is 38.3 Å². The van der Waals surface area contributed by atoms with E-state index < -0.39 is 0 Å². The summed E-state index contributed by atoms with van der Waals surface area (Å²) in [6.45, 7) is 4.57. The number of nitrogens with one attached hydrogen (secondary N) is 1. The second kappa shape index (κ2) is 6.07. The van der Waals surface area contributed by atoms with Crippen molar-refractivity contribution in [1.82, 2.24) is 9.88 Å². The van der Waals surface area contributed by atoms with Gasteiger partial charge in [-0.05, 0) is 44.1 Å². The van der Waals surface area contributed by atoms with Crippen LogP contribution in [0, 0.1) is 0 Å². The molecule has 102 valence electrons. The Bertz CT molecular complexity index is 549. The van der Waals surface area contributed by atoms with Gasteiger partial charge >= 0.3 is 0 Å². The lowest BCUT2D eigenvalue weighted by atomic mass is 10.1. The zero-order valence-electron chi connectivity index (χ0n) is 10.9. The quantitative estimate of drug-likeness (QED) is 0.929. The van der Waals surface area contributed by atoms with E-state index in [-0.39, 0.29) is 0 Å². The van der Waals surface area contributed by atoms with Crippen molar-refractivity contribution in [2.75, 3.05) is 31.5 Å². The van der Waals surface area contributed by atoms with E-state index in [1.807, 2.05) is 18.2 Å². The predicted octanol–water partition coefficient (Wildman–Crippen LogP) is 3.85. The van der Waals surface area contributed by atoms with E-state index in [4.69, 9.17) is 11.6 Å². The number of nitrogens with zero attached hydrogens (tertiary/aromatic N) is 2. The SMILES string of the molecule is Clc1ccc2nc(NCCN3CCCCC3)sc2c1. The summed E-state index contributed by atoms with van der Waals surface area (Å²) in [7, 11) is 0. The zero-order valence-corrected chi connectivity index (χ0v) is 12.4. The summed E-state index contributed by atoms with van der Waals surface area (Å²) in [5.41, 5.74) is 1.02. The molecule has 1 aromatic carbocycles. The first-order valence-corrected chi connectivity index (χ1v) is 8.03. The van der Waals surface area contributed by atoms with Gasteiger partial charge in [-0.3, -0.25) is 0 Å². The highest BCUT2D eigenvalue weighted by molar-refractivity contribution is 7.22. The van der Waals surface area contributed by atoms with Gasteiger partial charge in [-0.2, -0.15) is 0 Å². The average Bonchev–Trinajstić information content (AvgIpc) is 2.82. The molecule has 0 unspecified atom stereocenters. The Hall–Kier alpha value is -0.840. The summed E-state index contributed by atoms with van der Waals surface area (Å²) in [6.07, 6.45) is 4.09. The number of likely N-dealkylation sites (tertiary alicyclic amines) is 1. The smallest absolute Gasteiger partial charge is 0.183 e. The molecule has 1 aliphatic heterocycles. The van der Waals surface area contributed by atoms with Crippen LogP contribution in [0.1, 0.15) is 19.3 Å². The molecule has 1 aromatic heterocycles. The Balaban J connectivity index is 1.56. The molecule has 1 saturated heterocycles. The molecule has 0 aliphatic carbocycles. The molecule has 1 N–H and O–H groups in total. The molecule has 0 radical (unpaired) electrons. The molecule has 0 atom stereocenters. The topological polar surface area (TPSA) is 28.2 Å². The molecule has 19 heavy (non-hydrogen) atoms. The van der Waals surface area contributed by atoms with Gasteiger partial charge in [0.2, 0.25) is 0 Å². The number of aromatic nitrogens is 1. The molecule has 3 rings (SSSR count). The Morgan fingerprint density at radius 1 is 1.26 bits per heavy atom. The minimum absolute atomic E-state index is 0.774. The Kier molecular flexibility index (Phi) is 4.21. The molecule has 0 saturated carbocycles. The molecular formula is C14H18ClN3S. The van der Waals surface area contributed by atoms with Crippen LogP contribution in [-0.2, 0) is 0 Å². The molecule has 0 amide bonds. The van der Waals surface area contributed by atoms with Crippen molar-refractivity contribution in [3.63, 3.8) is 0 Å². The second-order valence-electron chi connectivity index (χ2n) is 4.96. The fourth-order valence-corrected chi connectivity index (χ4v) is 3.65. The molecule has 1 fully saturated rings. The molecule has 5 heteroatoms. The van der Waals surface area contributed by atoms with Crippen molar-refractivity contribution in [2.45, 2.75) is 19.3 Å². The first-order valence-electron chi connectivity index (χ1n) is 6.83. The first kappa shape index (κ1) is 13.2. The Morgan fingerprint density at radius 3 is 2.95 bits per heavy atom. The van der Waals surface area contributed by atoms with E-state index in [1.54, 1.807) is 11.3 Å². The monoisotopic (exact) mass is 295 g/mol. The van der Waals surface area contributed by atoms with Gasteiger partial charge < -0.3 is 10.2 Å². The largest absolute Gasteiger partial charge is 0.360 e. The summed E-state index contributed by atoms with van der Waals surface area (Å²) < 4.78 is 1.15.